The van der Waals surface area contributed by atoms with E-state index in [-0.39, 0.29) is 5.82 Å². The SMILES string of the molecule is O=Cc1nc(CCc2cccc(F)c2)n2cccc(Br)c12. The van der Waals surface area contributed by atoms with Crippen molar-refractivity contribution in [2.24, 2.45) is 0 Å². The van der Waals surface area contributed by atoms with E-state index >= 15 is 0 Å². The Morgan fingerprint density at radius 1 is 1.24 bits per heavy atom. The number of benzene rings is 1. The summed E-state index contributed by atoms with van der Waals surface area (Å²) < 4.78 is 15.9. The number of aryl methyl sites for hydroxylation is 2. The molecule has 106 valence electrons. The highest BCUT2D eigenvalue weighted by molar-refractivity contribution is 9.10. The second-order valence-corrected chi connectivity index (χ2v) is 5.59. The molecule has 0 atom stereocenters. The third kappa shape index (κ3) is 2.74. The first kappa shape index (κ1) is 13.9. The fourth-order valence-electron chi connectivity index (χ4n) is 2.40. The number of aromatic nitrogens is 2. The molecule has 1 aromatic carbocycles. The van der Waals surface area contributed by atoms with E-state index in [9.17, 15) is 9.18 Å². The average molecular weight is 347 g/mol. The van der Waals surface area contributed by atoms with Crippen LogP contribution in [0.1, 0.15) is 21.9 Å². The van der Waals surface area contributed by atoms with Crippen molar-refractivity contribution < 1.29 is 9.18 Å². The fourth-order valence-corrected chi connectivity index (χ4v) is 2.94. The maximum atomic E-state index is 13.2. The molecule has 0 aliphatic carbocycles. The molecular formula is C16H12BrFN2O. The van der Waals surface area contributed by atoms with Gasteiger partial charge in [0.1, 0.15) is 17.3 Å². The van der Waals surface area contributed by atoms with Crippen LogP contribution < -0.4 is 0 Å². The molecule has 0 saturated carbocycles. The molecule has 0 amide bonds. The number of rotatable bonds is 4. The Morgan fingerprint density at radius 2 is 2.10 bits per heavy atom. The van der Waals surface area contributed by atoms with Gasteiger partial charge in [0, 0.05) is 17.1 Å². The van der Waals surface area contributed by atoms with Gasteiger partial charge in [-0.2, -0.15) is 0 Å². The number of imidazole rings is 1. The molecule has 0 aliphatic heterocycles. The molecular weight excluding hydrogens is 335 g/mol. The minimum absolute atomic E-state index is 0.239. The Balaban J connectivity index is 1.94. The second kappa shape index (κ2) is 5.77. The number of hydrogen-bond acceptors (Lipinski definition) is 2. The molecule has 5 heteroatoms. The Kier molecular flexibility index (Phi) is 3.84. The number of aldehydes is 1. The molecule has 0 bridgehead atoms. The van der Waals surface area contributed by atoms with Crippen molar-refractivity contribution in [2.75, 3.05) is 0 Å². The van der Waals surface area contributed by atoms with Crippen LogP contribution >= 0.6 is 15.9 Å². The standard InChI is InChI=1S/C16H12BrFN2O/c17-13-5-2-8-20-15(19-14(10-21)16(13)20)7-6-11-3-1-4-12(18)9-11/h1-5,8-10H,6-7H2. The Bertz CT molecular complexity index is 813. The summed E-state index contributed by atoms with van der Waals surface area (Å²) >= 11 is 3.44. The van der Waals surface area contributed by atoms with Crippen LogP contribution in [0.4, 0.5) is 4.39 Å². The molecule has 21 heavy (non-hydrogen) atoms. The number of halogens is 2. The zero-order valence-electron chi connectivity index (χ0n) is 11.1. The van der Waals surface area contributed by atoms with E-state index in [0.29, 0.717) is 18.5 Å². The van der Waals surface area contributed by atoms with E-state index in [4.69, 9.17) is 0 Å². The van der Waals surface area contributed by atoms with E-state index < -0.39 is 0 Å². The van der Waals surface area contributed by atoms with Crippen molar-refractivity contribution in [3.8, 4) is 0 Å². The summed E-state index contributed by atoms with van der Waals surface area (Å²) in [5.74, 6) is 0.550. The van der Waals surface area contributed by atoms with Gasteiger partial charge in [-0.3, -0.25) is 4.79 Å². The maximum absolute atomic E-state index is 13.2. The van der Waals surface area contributed by atoms with Crippen LogP contribution in [0.15, 0.2) is 47.1 Å². The molecule has 2 heterocycles. The average Bonchev–Trinajstić information content (AvgIpc) is 2.85. The van der Waals surface area contributed by atoms with Gasteiger partial charge >= 0.3 is 0 Å². The molecule has 0 unspecified atom stereocenters. The van der Waals surface area contributed by atoms with Crippen LogP contribution in [0.3, 0.4) is 0 Å². The Labute approximate surface area is 129 Å². The van der Waals surface area contributed by atoms with Crippen LogP contribution in [0.5, 0.6) is 0 Å². The van der Waals surface area contributed by atoms with Gasteiger partial charge in [0.15, 0.2) is 6.29 Å². The van der Waals surface area contributed by atoms with Crippen LogP contribution in [-0.2, 0) is 12.8 Å². The van der Waals surface area contributed by atoms with Crippen LogP contribution in [-0.4, -0.2) is 15.7 Å². The zero-order chi connectivity index (χ0) is 14.8. The largest absolute Gasteiger partial charge is 0.302 e. The van der Waals surface area contributed by atoms with E-state index in [1.54, 1.807) is 6.07 Å². The second-order valence-electron chi connectivity index (χ2n) is 4.74. The molecule has 0 saturated heterocycles. The lowest BCUT2D eigenvalue weighted by atomic mass is 10.1. The number of carbonyl (C=O) groups excluding carboxylic acids is 1. The minimum Gasteiger partial charge on any atom is -0.302 e. The van der Waals surface area contributed by atoms with E-state index in [0.717, 1.165) is 27.7 Å². The maximum Gasteiger partial charge on any atom is 0.170 e. The fraction of sp³-hybridized carbons (Fsp3) is 0.125. The van der Waals surface area contributed by atoms with Gasteiger partial charge in [-0.15, -0.1) is 0 Å². The highest BCUT2D eigenvalue weighted by Crippen LogP contribution is 2.22. The molecule has 0 fully saturated rings. The van der Waals surface area contributed by atoms with Crippen molar-refractivity contribution in [1.29, 1.82) is 0 Å². The number of hydrogen-bond donors (Lipinski definition) is 0. The molecule has 2 aromatic heterocycles. The van der Waals surface area contributed by atoms with Gasteiger partial charge in [0.25, 0.3) is 0 Å². The van der Waals surface area contributed by atoms with Gasteiger partial charge in [-0.25, -0.2) is 9.37 Å². The van der Waals surface area contributed by atoms with Crippen molar-refractivity contribution in [3.05, 3.63) is 70.0 Å². The summed E-state index contributed by atoms with van der Waals surface area (Å²) in [7, 11) is 0. The topological polar surface area (TPSA) is 34.4 Å². The van der Waals surface area contributed by atoms with Gasteiger partial charge in [-0.1, -0.05) is 12.1 Å². The van der Waals surface area contributed by atoms with E-state index in [1.807, 2.05) is 28.8 Å². The zero-order valence-corrected chi connectivity index (χ0v) is 12.7. The molecule has 3 aromatic rings. The predicted octanol–water partition coefficient (Wildman–Crippen LogP) is 3.83. The summed E-state index contributed by atoms with van der Waals surface area (Å²) in [4.78, 5) is 15.5. The third-order valence-corrected chi connectivity index (χ3v) is 3.99. The summed E-state index contributed by atoms with van der Waals surface area (Å²) in [6, 6.07) is 10.3. The first-order chi connectivity index (χ1) is 10.2. The Morgan fingerprint density at radius 3 is 2.86 bits per heavy atom. The number of pyridine rings is 1. The van der Waals surface area contributed by atoms with Crippen LogP contribution in [0.25, 0.3) is 5.52 Å². The number of fused-ring (bicyclic) bond motifs is 1. The van der Waals surface area contributed by atoms with Gasteiger partial charge in [0.2, 0.25) is 0 Å². The number of nitrogens with zero attached hydrogens (tertiary/aromatic N) is 2. The van der Waals surface area contributed by atoms with Crippen LogP contribution in [0, 0.1) is 5.82 Å². The molecule has 0 aliphatic rings. The predicted molar refractivity (Wildman–Crippen MR) is 82.1 cm³/mol. The first-order valence-electron chi connectivity index (χ1n) is 6.54. The Hall–Kier alpha value is -2.01. The first-order valence-corrected chi connectivity index (χ1v) is 7.33. The molecule has 0 spiro atoms. The highest BCUT2D eigenvalue weighted by atomic mass is 79.9. The molecule has 0 radical (unpaired) electrons. The van der Waals surface area contributed by atoms with Crippen molar-refractivity contribution >= 4 is 27.7 Å². The van der Waals surface area contributed by atoms with E-state index in [2.05, 4.69) is 20.9 Å². The van der Waals surface area contributed by atoms with Crippen molar-refractivity contribution in [1.82, 2.24) is 9.38 Å². The van der Waals surface area contributed by atoms with Crippen LogP contribution in [0.2, 0.25) is 0 Å². The monoisotopic (exact) mass is 346 g/mol. The molecule has 3 rings (SSSR count). The van der Waals surface area contributed by atoms with Gasteiger partial charge in [-0.05, 0) is 52.2 Å². The van der Waals surface area contributed by atoms with E-state index in [1.165, 1.54) is 12.1 Å². The lowest BCUT2D eigenvalue weighted by Crippen LogP contribution is -1.98. The van der Waals surface area contributed by atoms with Crippen molar-refractivity contribution in [2.45, 2.75) is 12.8 Å². The summed E-state index contributed by atoms with van der Waals surface area (Å²) in [6.07, 6.45) is 3.93. The number of carbonyl (C=O) groups is 1. The molecule has 3 nitrogen and oxygen atoms in total. The summed E-state index contributed by atoms with van der Waals surface area (Å²) in [6.45, 7) is 0. The normalized spacial score (nSPS) is 11.0. The minimum atomic E-state index is -0.239. The van der Waals surface area contributed by atoms with Crippen molar-refractivity contribution in [3.63, 3.8) is 0 Å². The third-order valence-electron chi connectivity index (χ3n) is 3.35. The molecule has 0 N–H and O–H groups in total. The highest BCUT2D eigenvalue weighted by Gasteiger charge is 2.12. The quantitative estimate of drug-likeness (QED) is 0.672. The lowest BCUT2D eigenvalue weighted by Gasteiger charge is -2.03. The lowest BCUT2D eigenvalue weighted by molar-refractivity contribution is 0.112. The van der Waals surface area contributed by atoms with Gasteiger partial charge in [0.05, 0.1) is 5.52 Å². The summed E-state index contributed by atoms with van der Waals surface area (Å²) in [5.41, 5.74) is 2.09. The smallest absolute Gasteiger partial charge is 0.170 e. The summed E-state index contributed by atoms with van der Waals surface area (Å²) in [5, 5.41) is 0. The van der Waals surface area contributed by atoms with Gasteiger partial charge < -0.3 is 4.40 Å².